The zero-order valence-electron chi connectivity index (χ0n) is 15.3. The average Bonchev–Trinajstić information content (AvgIpc) is 3.11. The maximum absolute atomic E-state index is 12.1. The van der Waals surface area contributed by atoms with E-state index in [0.717, 1.165) is 22.9 Å². The Morgan fingerprint density at radius 2 is 1.89 bits per heavy atom. The summed E-state index contributed by atoms with van der Waals surface area (Å²) in [6, 6.07) is 12.7. The summed E-state index contributed by atoms with van der Waals surface area (Å²) in [5.41, 5.74) is 4.32. The van der Waals surface area contributed by atoms with E-state index >= 15 is 0 Å². The molecule has 3 rings (SSSR count). The lowest BCUT2D eigenvalue weighted by molar-refractivity contribution is -0.113. The predicted molar refractivity (Wildman–Crippen MR) is 105 cm³/mol. The Balaban J connectivity index is 1.59. The first-order chi connectivity index (χ1) is 12.9. The lowest BCUT2D eigenvalue weighted by atomic mass is 10.1. The van der Waals surface area contributed by atoms with Gasteiger partial charge in [0.25, 0.3) is 5.22 Å². The number of Topliss-reactive ketones (excluding diaryl/α,β-unsaturated/α-hetero) is 1. The van der Waals surface area contributed by atoms with Gasteiger partial charge in [0.15, 0.2) is 5.78 Å². The lowest BCUT2D eigenvalue weighted by Gasteiger charge is -2.05. The summed E-state index contributed by atoms with van der Waals surface area (Å²) in [6.07, 6.45) is 0. The highest BCUT2D eigenvalue weighted by molar-refractivity contribution is 7.99. The number of ketones is 1. The van der Waals surface area contributed by atoms with Crippen LogP contribution in [0.1, 0.15) is 28.4 Å². The number of thioether (sulfide) groups is 1. The van der Waals surface area contributed by atoms with Crippen LogP contribution in [-0.2, 0) is 4.79 Å². The van der Waals surface area contributed by atoms with E-state index in [1.807, 2.05) is 32.0 Å². The molecule has 138 valence electrons. The molecule has 1 heterocycles. The number of carbonyl (C=O) groups excluding carboxylic acids is 2. The number of rotatable bonds is 6. The van der Waals surface area contributed by atoms with Crippen LogP contribution in [0.25, 0.3) is 11.5 Å². The lowest BCUT2D eigenvalue weighted by Crippen LogP contribution is -2.14. The van der Waals surface area contributed by atoms with Crippen LogP contribution in [0.2, 0.25) is 0 Å². The summed E-state index contributed by atoms with van der Waals surface area (Å²) in [6.45, 7) is 5.55. The van der Waals surface area contributed by atoms with E-state index in [-0.39, 0.29) is 17.4 Å². The van der Waals surface area contributed by atoms with Gasteiger partial charge in [-0.1, -0.05) is 30.0 Å². The number of hydrogen-bond donors (Lipinski definition) is 1. The fourth-order valence-corrected chi connectivity index (χ4v) is 2.96. The largest absolute Gasteiger partial charge is 0.411 e. The number of aromatic nitrogens is 2. The average molecular weight is 381 g/mol. The third-order valence-electron chi connectivity index (χ3n) is 4.04. The Kier molecular flexibility index (Phi) is 5.71. The smallest absolute Gasteiger partial charge is 0.277 e. The van der Waals surface area contributed by atoms with E-state index in [0.29, 0.717) is 22.4 Å². The summed E-state index contributed by atoms with van der Waals surface area (Å²) < 4.78 is 5.63. The van der Waals surface area contributed by atoms with Crippen LogP contribution < -0.4 is 5.32 Å². The van der Waals surface area contributed by atoms with Crippen molar-refractivity contribution in [1.82, 2.24) is 10.2 Å². The molecule has 1 aromatic heterocycles. The van der Waals surface area contributed by atoms with Crippen LogP contribution in [0.5, 0.6) is 0 Å². The second kappa shape index (κ2) is 8.18. The molecule has 1 N–H and O–H groups in total. The van der Waals surface area contributed by atoms with Crippen LogP contribution >= 0.6 is 11.8 Å². The molecule has 0 atom stereocenters. The van der Waals surface area contributed by atoms with Crippen LogP contribution in [-0.4, -0.2) is 27.6 Å². The molecule has 0 unspecified atom stereocenters. The van der Waals surface area contributed by atoms with Crippen LogP contribution in [0.4, 0.5) is 5.69 Å². The van der Waals surface area contributed by atoms with Crippen LogP contribution in [0.3, 0.4) is 0 Å². The molecule has 0 aliphatic heterocycles. The van der Waals surface area contributed by atoms with E-state index in [9.17, 15) is 9.59 Å². The van der Waals surface area contributed by atoms with Crippen molar-refractivity contribution in [3.63, 3.8) is 0 Å². The molecule has 3 aromatic rings. The molecule has 27 heavy (non-hydrogen) atoms. The molecule has 0 saturated carbocycles. The Bertz CT molecular complexity index is 998. The zero-order valence-corrected chi connectivity index (χ0v) is 16.1. The Morgan fingerprint density at radius 3 is 2.63 bits per heavy atom. The summed E-state index contributed by atoms with van der Waals surface area (Å²) in [4.78, 5) is 23.5. The van der Waals surface area contributed by atoms with E-state index in [1.165, 1.54) is 12.5 Å². The van der Waals surface area contributed by atoms with Gasteiger partial charge in [-0.05, 0) is 56.2 Å². The van der Waals surface area contributed by atoms with Crippen LogP contribution in [0, 0.1) is 13.8 Å². The van der Waals surface area contributed by atoms with Crippen molar-refractivity contribution in [3.05, 3.63) is 59.2 Å². The van der Waals surface area contributed by atoms with Gasteiger partial charge >= 0.3 is 0 Å². The SMILES string of the molecule is CC(=O)c1cccc(NC(=O)CSc2nnc(-c3ccc(C)c(C)c3)o2)c1. The number of benzene rings is 2. The predicted octanol–water partition coefficient (Wildman–Crippen LogP) is 4.29. The summed E-state index contributed by atoms with van der Waals surface area (Å²) in [5, 5.41) is 11.1. The Labute approximate surface area is 161 Å². The summed E-state index contributed by atoms with van der Waals surface area (Å²) in [5.74, 6) is 0.283. The first-order valence-electron chi connectivity index (χ1n) is 8.37. The molecule has 0 bridgehead atoms. The first-order valence-corrected chi connectivity index (χ1v) is 9.36. The maximum atomic E-state index is 12.1. The van der Waals surface area contributed by atoms with Crippen molar-refractivity contribution in [3.8, 4) is 11.5 Å². The Hall–Kier alpha value is -2.93. The second-order valence-electron chi connectivity index (χ2n) is 6.15. The first kappa shape index (κ1) is 18.8. The van der Waals surface area contributed by atoms with Gasteiger partial charge in [0.1, 0.15) is 0 Å². The normalized spacial score (nSPS) is 10.6. The fourth-order valence-electron chi connectivity index (χ4n) is 2.40. The number of carbonyl (C=O) groups is 2. The van der Waals surface area contributed by atoms with Crippen molar-refractivity contribution < 1.29 is 14.0 Å². The van der Waals surface area contributed by atoms with Crippen molar-refractivity contribution in [1.29, 1.82) is 0 Å². The molecule has 0 fully saturated rings. The van der Waals surface area contributed by atoms with Gasteiger partial charge in [0.05, 0.1) is 5.75 Å². The minimum atomic E-state index is -0.216. The van der Waals surface area contributed by atoms with Gasteiger partial charge in [0.2, 0.25) is 11.8 Å². The van der Waals surface area contributed by atoms with Gasteiger partial charge in [-0.3, -0.25) is 9.59 Å². The molecule has 0 aliphatic carbocycles. The van der Waals surface area contributed by atoms with Crippen molar-refractivity contribution in [2.45, 2.75) is 26.0 Å². The third-order valence-corrected chi connectivity index (χ3v) is 4.86. The molecule has 6 nitrogen and oxygen atoms in total. The van der Waals surface area contributed by atoms with Gasteiger partial charge < -0.3 is 9.73 Å². The van der Waals surface area contributed by atoms with Crippen molar-refractivity contribution >= 4 is 29.1 Å². The number of amides is 1. The quantitative estimate of drug-likeness (QED) is 0.506. The van der Waals surface area contributed by atoms with Gasteiger partial charge in [-0.25, -0.2) is 0 Å². The summed E-state index contributed by atoms with van der Waals surface area (Å²) >= 11 is 1.16. The summed E-state index contributed by atoms with van der Waals surface area (Å²) in [7, 11) is 0. The standard InChI is InChI=1S/C20H19N3O3S/c1-12-7-8-16(9-13(12)2)19-22-23-20(26-19)27-11-18(25)21-17-6-4-5-15(10-17)14(3)24/h4-10H,11H2,1-3H3,(H,21,25). The van der Waals surface area contributed by atoms with Gasteiger partial charge in [0, 0.05) is 16.8 Å². The third kappa shape index (κ3) is 4.83. The minimum absolute atomic E-state index is 0.0507. The van der Waals surface area contributed by atoms with E-state index in [4.69, 9.17) is 4.42 Å². The topological polar surface area (TPSA) is 85.1 Å². The molecule has 7 heteroatoms. The van der Waals surface area contributed by atoms with E-state index < -0.39 is 0 Å². The molecule has 0 radical (unpaired) electrons. The monoisotopic (exact) mass is 381 g/mol. The van der Waals surface area contributed by atoms with Crippen molar-refractivity contribution in [2.75, 3.05) is 11.1 Å². The number of nitrogens with zero attached hydrogens (tertiary/aromatic N) is 2. The van der Waals surface area contributed by atoms with Gasteiger partial charge in [-0.15, -0.1) is 10.2 Å². The number of anilines is 1. The molecule has 0 aliphatic rings. The molecular formula is C20H19N3O3S. The number of aryl methyl sites for hydroxylation is 2. The Morgan fingerprint density at radius 1 is 1.07 bits per heavy atom. The molecule has 2 aromatic carbocycles. The van der Waals surface area contributed by atoms with Crippen LogP contribution in [0.15, 0.2) is 52.1 Å². The number of nitrogens with one attached hydrogen (secondary N) is 1. The minimum Gasteiger partial charge on any atom is -0.411 e. The van der Waals surface area contributed by atoms with Crippen molar-refractivity contribution in [2.24, 2.45) is 0 Å². The second-order valence-corrected chi connectivity index (χ2v) is 7.07. The highest BCUT2D eigenvalue weighted by atomic mass is 32.2. The highest BCUT2D eigenvalue weighted by Gasteiger charge is 2.12. The highest BCUT2D eigenvalue weighted by Crippen LogP contribution is 2.25. The zero-order chi connectivity index (χ0) is 19.4. The maximum Gasteiger partial charge on any atom is 0.277 e. The number of hydrogen-bond acceptors (Lipinski definition) is 6. The molecule has 0 saturated heterocycles. The molecular weight excluding hydrogens is 362 g/mol. The molecule has 0 spiro atoms. The molecule has 1 amide bonds. The van der Waals surface area contributed by atoms with E-state index in [1.54, 1.807) is 24.3 Å². The van der Waals surface area contributed by atoms with Gasteiger partial charge in [-0.2, -0.15) is 0 Å². The van der Waals surface area contributed by atoms with E-state index in [2.05, 4.69) is 15.5 Å². The fraction of sp³-hybridized carbons (Fsp3) is 0.200.